The number of benzene rings is 10. The third-order valence-electron chi connectivity index (χ3n) is 11.8. The van der Waals surface area contributed by atoms with Crippen molar-refractivity contribution in [3.8, 4) is 50.2 Å². The molecule has 0 atom stereocenters. The smallest absolute Gasteiger partial charge is 0.0619 e. The minimum atomic E-state index is 1.08. The van der Waals surface area contributed by atoms with Crippen LogP contribution in [0.3, 0.4) is 0 Å². The molecule has 0 fully saturated rings. The summed E-state index contributed by atoms with van der Waals surface area (Å²) in [6.45, 7) is 0. The van der Waals surface area contributed by atoms with E-state index in [-0.39, 0.29) is 0 Å². The van der Waals surface area contributed by atoms with E-state index in [1.807, 2.05) is 0 Å². The lowest BCUT2D eigenvalue weighted by atomic mass is 9.96. The fraction of sp³-hybridized carbons (Fsp3) is 0. The fourth-order valence-electron chi connectivity index (χ4n) is 8.86. The van der Waals surface area contributed by atoms with Gasteiger partial charge < -0.3 is 9.47 Å². The van der Waals surface area contributed by atoms with Crippen LogP contribution in [-0.2, 0) is 0 Å². The Morgan fingerprint density at radius 1 is 0.300 bits per heavy atom. The number of rotatable bonds is 8. The van der Waals surface area contributed by atoms with Gasteiger partial charge in [0, 0.05) is 38.8 Å². The number of aromatic nitrogens is 1. The molecule has 1 heterocycles. The highest BCUT2D eigenvalue weighted by Crippen LogP contribution is 2.44. The summed E-state index contributed by atoms with van der Waals surface area (Å²) >= 11 is 0. The molecule has 0 unspecified atom stereocenters. The Morgan fingerprint density at radius 3 is 1.40 bits per heavy atom. The molecule has 60 heavy (non-hydrogen) atoms. The Bertz CT molecular complexity index is 3260. The van der Waals surface area contributed by atoms with Crippen molar-refractivity contribution in [3.63, 3.8) is 0 Å². The number of anilines is 3. The van der Waals surface area contributed by atoms with Crippen LogP contribution in [0.1, 0.15) is 0 Å². The Morgan fingerprint density at radius 2 is 0.767 bits per heavy atom. The van der Waals surface area contributed by atoms with Crippen molar-refractivity contribution in [3.05, 3.63) is 243 Å². The second kappa shape index (κ2) is 15.1. The van der Waals surface area contributed by atoms with E-state index < -0.39 is 0 Å². The van der Waals surface area contributed by atoms with E-state index in [2.05, 4.69) is 252 Å². The molecular formula is C58H40N2. The van der Waals surface area contributed by atoms with Gasteiger partial charge in [0.15, 0.2) is 0 Å². The van der Waals surface area contributed by atoms with Gasteiger partial charge in [-0.2, -0.15) is 0 Å². The first-order valence-electron chi connectivity index (χ1n) is 20.6. The zero-order chi connectivity index (χ0) is 39.8. The molecule has 0 aliphatic carbocycles. The summed E-state index contributed by atoms with van der Waals surface area (Å²) in [7, 11) is 0. The van der Waals surface area contributed by atoms with E-state index in [1.165, 1.54) is 71.5 Å². The quantitative estimate of drug-likeness (QED) is 0.150. The normalized spacial score (nSPS) is 11.3. The summed E-state index contributed by atoms with van der Waals surface area (Å²) in [6.07, 6.45) is 0. The van der Waals surface area contributed by atoms with E-state index in [0.717, 1.165) is 28.3 Å². The van der Waals surface area contributed by atoms with Gasteiger partial charge in [0.05, 0.1) is 16.7 Å². The lowest BCUT2D eigenvalue weighted by Crippen LogP contribution is -2.11. The predicted octanol–water partition coefficient (Wildman–Crippen LogP) is 16.1. The van der Waals surface area contributed by atoms with E-state index in [4.69, 9.17) is 0 Å². The van der Waals surface area contributed by atoms with Gasteiger partial charge >= 0.3 is 0 Å². The van der Waals surface area contributed by atoms with Crippen LogP contribution in [0.25, 0.3) is 82.8 Å². The van der Waals surface area contributed by atoms with Gasteiger partial charge in [0.1, 0.15) is 0 Å². The van der Waals surface area contributed by atoms with Gasteiger partial charge in [-0.3, -0.25) is 0 Å². The molecule has 2 nitrogen and oxygen atoms in total. The molecule has 0 aliphatic rings. The topological polar surface area (TPSA) is 8.17 Å². The largest absolute Gasteiger partial charge is 0.310 e. The second-order valence-corrected chi connectivity index (χ2v) is 15.3. The molecule has 10 aromatic carbocycles. The van der Waals surface area contributed by atoms with Crippen molar-refractivity contribution in [1.29, 1.82) is 0 Å². The number of nitrogens with zero attached hydrogens (tertiary/aromatic N) is 2. The molecule has 1 aromatic heterocycles. The molecule has 11 rings (SSSR count). The van der Waals surface area contributed by atoms with Crippen LogP contribution in [0.4, 0.5) is 17.1 Å². The van der Waals surface area contributed by atoms with Crippen LogP contribution < -0.4 is 4.90 Å². The molecule has 0 amide bonds. The van der Waals surface area contributed by atoms with Crippen LogP contribution in [0.15, 0.2) is 243 Å². The highest BCUT2D eigenvalue weighted by atomic mass is 15.1. The van der Waals surface area contributed by atoms with Crippen LogP contribution in [-0.4, -0.2) is 4.57 Å². The third kappa shape index (κ3) is 6.32. The van der Waals surface area contributed by atoms with Gasteiger partial charge in [-0.15, -0.1) is 0 Å². The molecule has 0 aliphatic heterocycles. The van der Waals surface area contributed by atoms with E-state index >= 15 is 0 Å². The summed E-state index contributed by atoms with van der Waals surface area (Å²) < 4.78 is 2.43. The summed E-state index contributed by atoms with van der Waals surface area (Å²) in [6, 6.07) is 87.8. The zero-order valence-electron chi connectivity index (χ0n) is 33.0. The van der Waals surface area contributed by atoms with Crippen LogP contribution in [0.2, 0.25) is 0 Å². The van der Waals surface area contributed by atoms with Crippen molar-refractivity contribution >= 4 is 49.6 Å². The molecule has 2 heteroatoms. The minimum Gasteiger partial charge on any atom is -0.310 e. The summed E-state index contributed by atoms with van der Waals surface area (Å²) in [5, 5.41) is 5.00. The summed E-state index contributed by atoms with van der Waals surface area (Å²) in [5.41, 5.74) is 16.3. The van der Waals surface area contributed by atoms with Crippen LogP contribution in [0.5, 0.6) is 0 Å². The SMILES string of the molecule is c1ccc(-c2ccc(-c3ccc(N(c4ccc(-n5c6ccccc6c6ccc7ccccc7c65)cc4)c4ccc(-c5ccccc5)cc4-c4ccccc4)cc3)cc2)cc1. The van der Waals surface area contributed by atoms with Crippen molar-refractivity contribution in [1.82, 2.24) is 4.57 Å². The first-order valence-corrected chi connectivity index (χ1v) is 20.6. The highest BCUT2D eigenvalue weighted by molar-refractivity contribution is 6.18. The molecular weight excluding hydrogens is 725 g/mol. The minimum absolute atomic E-state index is 1.08. The lowest BCUT2D eigenvalue weighted by Gasteiger charge is -2.29. The molecule has 0 saturated heterocycles. The van der Waals surface area contributed by atoms with Gasteiger partial charge in [-0.25, -0.2) is 0 Å². The van der Waals surface area contributed by atoms with E-state index in [0.29, 0.717) is 0 Å². The van der Waals surface area contributed by atoms with E-state index in [1.54, 1.807) is 0 Å². The lowest BCUT2D eigenvalue weighted by molar-refractivity contribution is 1.18. The van der Waals surface area contributed by atoms with Crippen molar-refractivity contribution in [2.24, 2.45) is 0 Å². The maximum absolute atomic E-state index is 2.43. The summed E-state index contributed by atoms with van der Waals surface area (Å²) in [5.74, 6) is 0. The molecule has 0 saturated carbocycles. The average molecular weight is 765 g/mol. The number of hydrogen-bond acceptors (Lipinski definition) is 1. The van der Waals surface area contributed by atoms with E-state index in [9.17, 15) is 0 Å². The maximum Gasteiger partial charge on any atom is 0.0619 e. The average Bonchev–Trinajstić information content (AvgIpc) is 3.68. The van der Waals surface area contributed by atoms with Gasteiger partial charge in [0.25, 0.3) is 0 Å². The Labute approximate surface area is 350 Å². The Balaban J connectivity index is 1.06. The van der Waals surface area contributed by atoms with Gasteiger partial charge in [-0.1, -0.05) is 188 Å². The van der Waals surface area contributed by atoms with Crippen LogP contribution >= 0.6 is 0 Å². The number of hydrogen-bond donors (Lipinski definition) is 0. The first kappa shape index (κ1) is 35.2. The number of fused-ring (bicyclic) bond motifs is 5. The second-order valence-electron chi connectivity index (χ2n) is 15.3. The van der Waals surface area contributed by atoms with Crippen molar-refractivity contribution < 1.29 is 0 Å². The van der Waals surface area contributed by atoms with Gasteiger partial charge in [-0.05, 0) is 98.9 Å². The molecule has 0 N–H and O–H groups in total. The molecule has 282 valence electrons. The molecule has 0 radical (unpaired) electrons. The van der Waals surface area contributed by atoms with Gasteiger partial charge in [0.2, 0.25) is 0 Å². The zero-order valence-corrected chi connectivity index (χ0v) is 33.0. The summed E-state index contributed by atoms with van der Waals surface area (Å²) in [4.78, 5) is 2.41. The number of para-hydroxylation sites is 1. The maximum atomic E-state index is 2.43. The van der Waals surface area contributed by atoms with Crippen molar-refractivity contribution in [2.75, 3.05) is 4.90 Å². The standard InChI is InChI=1S/C58H40N2/c1-4-14-41(15-5-1)43-24-26-44(27-25-43)45-28-32-49(33-29-45)59(57-39-31-48(42-16-6-2-7-17-42)40-55(57)46-18-8-3-9-19-46)50-34-36-51(37-35-50)60-56-23-13-12-22-53(56)54-38-30-47-20-10-11-21-52(47)58(54)60/h1-40H. The van der Waals surface area contributed by atoms with Crippen LogP contribution in [0, 0.1) is 0 Å². The fourth-order valence-corrected chi connectivity index (χ4v) is 8.86. The molecule has 0 bridgehead atoms. The molecule has 0 spiro atoms. The first-order chi connectivity index (χ1) is 29.8. The predicted molar refractivity (Wildman–Crippen MR) is 255 cm³/mol. The Hall–Kier alpha value is -7.94. The highest BCUT2D eigenvalue weighted by Gasteiger charge is 2.20. The van der Waals surface area contributed by atoms with Crippen molar-refractivity contribution in [2.45, 2.75) is 0 Å². The molecule has 11 aromatic rings. The third-order valence-corrected chi connectivity index (χ3v) is 11.8. The Kier molecular flexibility index (Phi) is 8.87. The monoisotopic (exact) mass is 764 g/mol.